The summed E-state index contributed by atoms with van der Waals surface area (Å²) in [5.41, 5.74) is 6.67. The minimum Gasteiger partial charge on any atom is -0.389 e. The van der Waals surface area contributed by atoms with Crippen LogP contribution in [0.5, 0.6) is 0 Å². The molecule has 1 aliphatic rings. The van der Waals surface area contributed by atoms with Crippen LogP contribution in [0.25, 0.3) is 0 Å². The van der Waals surface area contributed by atoms with Crippen LogP contribution in [-0.4, -0.2) is 30.8 Å². The summed E-state index contributed by atoms with van der Waals surface area (Å²) < 4.78 is 19.7. The number of thiocarbonyl (C=S) groups is 1. The van der Waals surface area contributed by atoms with Crippen molar-refractivity contribution in [1.82, 2.24) is 0 Å². The van der Waals surface area contributed by atoms with Crippen LogP contribution in [0.15, 0.2) is 18.2 Å². The molecule has 5 heteroatoms. The van der Waals surface area contributed by atoms with Gasteiger partial charge in [-0.05, 0) is 38.0 Å². The van der Waals surface area contributed by atoms with Crippen molar-refractivity contribution < 1.29 is 9.13 Å². The minimum absolute atomic E-state index is 0.188. The zero-order valence-corrected chi connectivity index (χ0v) is 11.9. The Labute approximate surface area is 118 Å². The van der Waals surface area contributed by atoms with E-state index >= 15 is 0 Å². The Bertz CT molecular complexity index is 465. The van der Waals surface area contributed by atoms with Gasteiger partial charge < -0.3 is 15.4 Å². The fraction of sp³-hybridized carbons (Fsp3) is 0.500. The molecule has 1 heterocycles. The molecule has 0 aliphatic carbocycles. The van der Waals surface area contributed by atoms with Gasteiger partial charge in [-0.15, -0.1) is 0 Å². The summed E-state index contributed by atoms with van der Waals surface area (Å²) in [7, 11) is 0. The third kappa shape index (κ3) is 3.42. The van der Waals surface area contributed by atoms with Gasteiger partial charge in [0.1, 0.15) is 10.8 Å². The van der Waals surface area contributed by atoms with E-state index in [2.05, 4.69) is 0 Å². The molecule has 0 bridgehead atoms. The van der Waals surface area contributed by atoms with Crippen LogP contribution in [0.4, 0.5) is 10.1 Å². The first-order valence-corrected chi connectivity index (χ1v) is 6.98. The lowest BCUT2D eigenvalue weighted by Crippen LogP contribution is -2.40. The second-order valence-electron chi connectivity index (χ2n) is 4.70. The lowest BCUT2D eigenvalue weighted by atomic mass is 10.1. The highest BCUT2D eigenvalue weighted by Crippen LogP contribution is 2.25. The lowest BCUT2D eigenvalue weighted by molar-refractivity contribution is 0.0525. The number of nitrogens with zero attached hydrogens (tertiary/aromatic N) is 1. The van der Waals surface area contributed by atoms with Gasteiger partial charge in [-0.25, -0.2) is 4.39 Å². The molecular weight excluding hydrogens is 263 g/mol. The maximum Gasteiger partial charge on any atom is 0.147 e. The molecule has 19 heavy (non-hydrogen) atoms. The van der Waals surface area contributed by atoms with E-state index in [-0.39, 0.29) is 16.9 Å². The average Bonchev–Trinajstić information content (AvgIpc) is 2.39. The molecule has 1 atom stereocenters. The highest BCUT2D eigenvalue weighted by atomic mass is 32.1. The second kappa shape index (κ2) is 6.30. The largest absolute Gasteiger partial charge is 0.389 e. The van der Waals surface area contributed by atoms with Crippen LogP contribution in [0, 0.1) is 5.82 Å². The van der Waals surface area contributed by atoms with Gasteiger partial charge in [0.2, 0.25) is 0 Å². The maximum atomic E-state index is 14.1. The molecule has 0 amide bonds. The van der Waals surface area contributed by atoms with Gasteiger partial charge in [-0.1, -0.05) is 12.2 Å². The molecule has 104 valence electrons. The summed E-state index contributed by atoms with van der Waals surface area (Å²) in [4.78, 5) is 2.25. The van der Waals surface area contributed by atoms with Crippen molar-refractivity contribution in [2.75, 3.05) is 24.6 Å². The highest BCUT2D eigenvalue weighted by Gasteiger charge is 2.22. The van der Waals surface area contributed by atoms with E-state index in [1.54, 1.807) is 12.1 Å². The van der Waals surface area contributed by atoms with Gasteiger partial charge in [0, 0.05) is 25.3 Å². The van der Waals surface area contributed by atoms with Crippen LogP contribution in [0.2, 0.25) is 0 Å². The molecule has 1 fully saturated rings. The third-order valence-corrected chi connectivity index (χ3v) is 3.59. The number of ether oxygens (including phenoxy) is 1. The molecule has 1 aliphatic heterocycles. The zero-order chi connectivity index (χ0) is 13.8. The second-order valence-corrected chi connectivity index (χ2v) is 5.14. The van der Waals surface area contributed by atoms with E-state index in [0.717, 1.165) is 25.9 Å². The number of hydrogen-bond donors (Lipinski definition) is 1. The molecule has 2 N–H and O–H groups in total. The SMILES string of the molecule is CCOC1CCCN(c2ccc(C(N)=S)cc2F)C1. The lowest BCUT2D eigenvalue weighted by Gasteiger charge is -2.34. The Balaban J connectivity index is 2.15. The Morgan fingerprint density at radius 3 is 3.00 bits per heavy atom. The number of anilines is 1. The van der Waals surface area contributed by atoms with Crippen molar-refractivity contribution in [1.29, 1.82) is 0 Å². The van der Waals surface area contributed by atoms with Crippen molar-refractivity contribution in [3.05, 3.63) is 29.6 Å². The van der Waals surface area contributed by atoms with E-state index in [4.69, 9.17) is 22.7 Å². The Morgan fingerprint density at radius 1 is 1.58 bits per heavy atom. The smallest absolute Gasteiger partial charge is 0.147 e. The molecule has 1 aromatic carbocycles. The number of hydrogen-bond acceptors (Lipinski definition) is 3. The fourth-order valence-corrected chi connectivity index (χ4v) is 2.57. The summed E-state index contributed by atoms with van der Waals surface area (Å²) in [5, 5.41) is 0. The topological polar surface area (TPSA) is 38.5 Å². The molecule has 1 saturated heterocycles. The number of nitrogens with two attached hydrogens (primary N) is 1. The molecular formula is C14H19FN2OS. The first kappa shape index (κ1) is 14.2. The predicted octanol–water partition coefficient (Wildman–Crippen LogP) is 2.47. The summed E-state index contributed by atoms with van der Waals surface area (Å²) in [6.07, 6.45) is 2.24. The van der Waals surface area contributed by atoms with Crippen molar-refractivity contribution in [3.63, 3.8) is 0 Å². The van der Waals surface area contributed by atoms with Crippen molar-refractivity contribution in [2.45, 2.75) is 25.9 Å². The zero-order valence-electron chi connectivity index (χ0n) is 11.1. The normalized spacial score (nSPS) is 19.5. The fourth-order valence-electron chi connectivity index (χ4n) is 2.45. The van der Waals surface area contributed by atoms with Gasteiger partial charge >= 0.3 is 0 Å². The van der Waals surface area contributed by atoms with Crippen LogP contribution in [0.1, 0.15) is 25.3 Å². The van der Waals surface area contributed by atoms with Crippen molar-refractivity contribution in [3.8, 4) is 0 Å². The Kier molecular flexibility index (Phi) is 4.71. The van der Waals surface area contributed by atoms with E-state index in [9.17, 15) is 4.39 Å². The molecule has 2 rings (SSSR count). The first-order chi connectivity index (χ1) is 9.11. The Morgan fingerprint density at radius 2 is 2.37 bits per heavy atom. The number of rotatable bonds is 4. The van der Waals surface area contributed by atoms with E-state index in [1.807, 2.05) is 11.8 Å². The average molecular weight is 282 g/mol. The molecule has 0 spiro atoms. The van der Waals surface area contributed by atoms with Gasteiger partial charge in [0.25, 0.3) is 0 Å². The minimum atomic E-state index is -0.276. The van der Waals surface area contributed by atoms with Gasteiger partial charge in [-0.3, -0.25) is 0 Å². The van der Waals surface area contributed by atoms with Crippen molar-refractivity contribution in [2.24, 2.45) is 5.73 Å². The van der Waals surface area contributed by atoms with Crippen LogP contribution in [0.3, 0.4) is 0 Å². The standard InChI is InChI=1S/C14H19FN2OS/c1-2-18-11-4-3-7-17(9-11)13-6-5-10(14(16)19)8-12(13)15/h5-6,8,11H,2-4,7,9H2,1H3,(H2,16,19). The summed E-state index contributed by atoms with van der Waals surface area (Å²) in [5.74, 6) is -0.276. The molecule has 1 aromatic rings. The third-order valence-electron chi connectivity index (χ3n) is 3.35. The highest BCUT2D eigenvalue weighted by molar-refractivity contribution is 7.80. The van der Waals surface area contributed by atoms with Crippen LogP contribution < -0.4 is 10.6 Å². The summed E-state index contributed by atoms with van der Waals surface area (Å²) in [6, 6.07) is 4.92. The molecule has 1 unspecified atom stereocenters. The number of halogens is 1. The van der Waals surface area contributed by atoms with Crippen molar-refractivity contribution >= 4 is 22.9 Å². The summed E-state index contributed by atoms with van der Waals surface area (Å²) >= 11 is 4.85. The molecule has 0 radical (unpaired) electrons. The Hall–Kier alpha value is -1.20. The number of benzene rings is 1. The van der Waals surface area contributed by atoms with Gasteiger partial charge in [0.05, 0.1) is 11.8 Å². The van der Waals surface area contributed by atoms with E-state index in [1.165, 1.54) is 6.07 Å². The molecule has 0 aromatic heterocycles. The van der Waals surface area contributed by atoms with Crippen LogP contribution in [-0.2, 0) is 4.74 Å². The van der Waals surface area contributed by atoms with Gasteiger partial charge in [0.15, 0.2) is 0 Å². The maximum absolute atomic E-state index is 14.1. The van der Waals surface area contributed by atoms with Crippen LogP contribution >= 0.6 is 12.2 Å². The predicted molar refractivity (Wildman–Crippen MR) is 79.1 cm³/mol. The summed E-state index contributed by atoms with van der Waals surface area (Å²) in [6.45, 7) is 4.27. The first-order valence-electron chi connectivity index (χ1n) is 6.57. The molecule has 3 nitrogen and oxygen atoms in total. The van der Waals surface area contributed by atoms with E-state index < -0.39 is 0 Å². The quantitative estimate of drug-likeness (QED) is 0.861. The number of piperidine rings is 1. The van der Waals surface area contributed by atoms with E-state index in [0.29, 0.717) is 17.9 Å². The molecule has 0 saturated carbocycles. The van der Waals surface area contributed by atoms with Gasteiger partial charge in [-0.2, -0.15) is 0 Å². The monoisotopic (exact) mass is 282 g/mol.